The number of carbonyl (C=O) groups is 1. The molecule has 0 atom stereocenters. The number of methoxy groups -OCH3 is 1. The van der Waals surface area contributed by atoms with Crippen LogP contribution in [-0.2, 0) is 9.53 Å². The lowest BCUT2D eigenvalue weighted by Crippen LogP contribution is -2.27. The first-order valence-corrected chi connectivity index (χ1v) is 3.04. The maximum Gasteiger partial charge on any atom is 0.335 e. The van der Waals surface area contributed by atoms with Crippen LogP contribution >= 0.6 is 0 Å². The fourth-order valence-corrected chi connectivity index (χ4v) is 0.353. The van der Waals surface area contributed by atoms with Gasteiger partial charge in [-0.25, -0.2) is 4.79 Å². The summed E-state index contributed by atoms with van der Waals surface area (Å²) in [5.74, 6) is -0.312. The van der Waals surface area contributed by atoms with Crippen molar-refractivity contribution in [2.24, 2.45) is 0 Å². The lowest BCUT2D eigenvalue weighted by molar-refractivity contribution is -0.817. The molecule has 0 aliphatic carbocycles. The van der Waals surface area contributed by atoms with Crippen molar-refractivity contribution in [3.05, 3.63) is 12.3 Å². The van der Waals surface area contributed by atoms with Crippen molar-refractivity contribution < 1.29 is 14.0 Å². The molecular formula is C7H14NO2+. The van der Waals surface area contributed by atoms with E-state index in [1.54, 1.807) is 6.20 Å². The SMILES string of the molecule is COC(=O)/C=C\[N+](C)(C)C. The lowest BCUT2D eigenvalue weighted by Gasteiger charge is -2.16. The third-order valence-electron chi connectivity index (χ3n) is 0.859. The molecule has 0 saturated heterocycles. The minimum absolute atomic E-state index is 0.312. The number of ether oxygens (including phenoxy) is 1. The summed E-state index contributed by atoms with van der Waals surface area (Å²) < 4.78 is 5.03. The van der Waals surface area contributed by atoms with E-state index in [0.29, 0.717) is 4.48 Å². The second-order valence-electron chi connectivity index (χ2n) is 2.96. The summed E-state index contributed by atoms with van der Waals surface area (Å²) in [6, 6.07) is 0. The third kappa shape index (κ3) is 5.31. The van der Waals surface area contributed by atoms with Crippen LogP contribution in [0.2, 0.25) is 0 Å². The minimum atomic E-state index is -0.312. The second-order valence-corrected chi connectivity index (χ2v) is 2.96. The molecule has 0 spiro atoms. The van der Waals surface area contributed by atoms with Crippen molar-refractivity contribution in [1.82, 2.24) is 0 Å². The van der Waals surface area contributed by atoms with Crippen molar-refractivity contribution in [3.63, 3.8) is 0 Å². The average molecular weight is 144 g/mol. The van der Waals surface area contributed by atoms with Crippen LogP contribution in [0.25, 0.3) is 0 Å². The Hall–Kier alpha value is -0.830. The van der Waals surface area contributed by atoms with Gasteiger partial charge < -0.3 is 9.22 Å². The van der Waals surface area contributed by atoms with E-state index in [-0.39, 0.29) is 5.97 Å². The van der Waals surface area contributed by atoms with Gasteiger partial charge in [0, 0.05) is 0 Å². The normalized spacial score (nSPS) is 12.0. The highest BCUT2D eigenvalue weighted by molar-refractivity contribution is 5.81. The molecule has 0 aromatic heterocycles. The van der Waals surface area contributed by atoms with Crippen LogP contribution in [-0.4, -0.2) is 38.7 Å². The van der Waals surface area contributed by atoms with E-state index < -0.39 is 0 Å². The standard InChI is InChI=1S/C7H14NO2/c1-8(2,3)6-5-7(9)10-4/h5-6H,1-4H3/q+1/b6-5-. The number of carbonyl (C=O) groups excluding carboxylic acids is 1. The van der Waals surface area contributed by atoms with E-state index in [0.717, 1.165) is 0 Å². The molecule has 58 valence electrons. The van der Waals surface area contributed by atoms with Crippen molar-refractivity contribution in [1.29, 1.82) is 0 Å². The van der Waals surface area contributed by atoms with E-state index in [2.05, 4.69) is 4.74 Å². The average Bonchev–Trinajstić information content (AvgIpc) is 1.81. The van der Waals surface area contributed by atoms with Crippen LogP contribution in [0.5, 0.6) is 0 Å². The fourth-order valence-electron chi connectivity index (χ4n) is 0.353. The molecule has 0 aromatic rings. The molecule has 0 heterocycles. The van der Waals surface area contributed by atoms with Crippen LogP contribution in [0.15, 0.2) is 12.3 Å². The van der Waals surface area contributed by atoms with Crippen LogP contribution in [0.1, 0.15) is 0 Å². The predicted octanol–water partition coefficient (Wildman–Crippen LogP) is 0.379. The molecule has 0 fully saturated rings. The summed E-state index contributed by atoms with van der Waals surface area (Å²) in [7, 11) is 7.24. The van der Waals surface area contributed by atoms with Gasteiger partial charge >= 0.3 is 5.97 Å². The molecule has 0 aliphatic heterocycles. The molecule has 10 heavy (non-hydrogen) atoms. The predicted molar refractivity (Wildman–Crippen MR) is 39.2 cm³/mol. The Morgan fingerprint density at radius 1 is 1.40 bits per heavy atom. The van der Waals surface area contributed by atoms with Crippen LogP contribution < -0.4 is 0 Å². The van der Waals surface area contributed by atoms with Gasteiger partial charge in [-0.15, -0.1) is 0 Å². The van der Waals surface area contributed by atoms with Crippen molar-refractivity contribution >= 4 is 5.97 Å². The molecule has 3 heteroatoms. The number of rotatable bonds is 2. The summed E-state index contributed by atoms with van der Waals surface area (Å²) in [6.07, 6.45) is 3.17. The van der Waals surface area contributed by atoms with Gasteiger partial charge in [-0.05, 0) is 0 Å². The maximum atomic E-state index is 10.5. The number of quaternary nitrogens is 1. The zero-order valence-electron chi connectivity index (χ0n) is 6.92. The highest BCUT2D eigenvalue weighted by Gasteiger charge is 2.01. The first kappa shape index (κ1) is 9.17. The zero-order chi connectivity index (χ0) is 8.20. The first-order chi connectivity index (χ1) is 4.45. The molecule has 3 nitrogen and oxygen atoms in total. The van der Waals surface area contributed by atoms with E-state index in [1.807, 2.05) is 21.1 Å². The monoisotopic (exact) mass is 144 g/mol. The number of hydrogen-bond acceptors (Lipinski definition) is 2. The maximum absolute atomic E-state index is 10.5. The molecule has 0 saturated carbocycles. The number of hydrogen-bond donors (Lipinski definition) is 0. The van der Waals surface area contributed by atoms with Crippen molar-refractivity contribution in [2.45, 2.75) is 0 Å². The Bertz CT molecular complexity index is 144. The minimum Gasteiger partial charge on any atom is -0.466 e. The smallest absolute Gasteiger partial charge is 0.335 e. The Morgan fingerprint density at radius 3 is 2.20 bits per heavy atom. The summed E-state index contributed by atoms with van der Waals surface area (Å²) in [5, 5.41) is 0. The summed E-state index contributed by atoms with van der Waals surface area (Å²) in [5.41, 5.74) is 0. The Kier molecular flexibility index (Phi) is 3.09. The largest absolute Gasteiger partial charge is 0.466 e. The second kappa shape index (κ2) is 3.37. The van der Waals surface area contributed by atoms with Crippen molar-refractivity contribution in [3.8, 4) is 0 Å². The van der Waals surface area contributed by atoms with E-state index >= 15 is 0 Å². The van der Waals surface area contributed by atoms with Gasteiger partial charge in [0.1, 0.15) is 6.20 Å². The molecule has 0 amide bonds. The Morgan fingerprint density at radius 2 is 1.90 bits per heavy atom. The fraction of sp³-hybridized carbons (Fsp3) is 0.571. The number of nitrogens with zero attached hydrogens (tertiary/aromatic N) is 1. The molecule has 0 aromatic carbocycles. The van der Waals surface area contributed by atoms with Gasteiger partial charge in [-0.1, -0.05) is 0 Å². The van der Waals surface area contributed by atoms with Gasteiger partial charge in [0.25, 0.3) is 0 Å². The summed E-state index contributed by atoms with van der Waals surface area (Å²) in [6.45, 7) is 0. The van der Waals surface area contributed by atoms with Gasteiger partial charge in [0.15, 0.2) is 0 Å². The van der Waals surface area contributed by atoms with E-state index in [9.17, 15) is 4.79 Å². The van der Waals surface area contributed by atoms with Gasteiger partial charge in [-0.3, -0.25) is 0 Å². The first-order valence-electron chi connectivity index (χ1n) is 3.04. The number of esters is 1. The summed E-state index contributed by atoms with van der Waals surface area (Å²) in [4.78, 5) is 10.5. The van der Waals surface area contributed by atoms with Gasteiger partial charge in [0.2, 0.25) is 0 Å². The molecule has 0 aliphatic rings. The van der Waals surface area contributed by atoms with Crippen LogP contribution in [0, 0.1) is 0 Å². The van der Waals surface area contributed by atoms with Crippen LogP contribution in [0.4, 0.5) is 0 Å². The Balaban J connectivity index is 3.88. The highest BCUT2D eigenvalue weighted by Crippen LogP contribution is 1.91. The molecule has 0 N–H and O–H groups in total. The molecule has 0 unspecified atom stereocenters. The molecule has 0 radical (unpaired) electrons. The van der Waals surface area contributed by atoms with E-state index in [4.69, 9.17) is 0 Å². The van der Waals surface area contributed by atoms with Crippen molar-refractivity contribution in [2.75, 3.05) is 28.3 Å². The van der Waals surface area contributed by atoms with Crippen LogP contribution in [0.3, 0.4) is 0 Å². The zero-order valence-corrected chi connectivity index (χ0v) is 6.92. The topological polar surface area (TPSA) is 26.3 Å². The van der Waals surface area contributed by atoms with Gasteiger partial charge in [0.05, 0.1) is 34.3 Å². The summed E-state index contributed by atoms with van der Waals surface area (Å²) >= 11 is 0. The Labute approximate surface area is 61.5 Å². The van der Waals surface area contributed by atoms with E-state index in [1.165, 1.54) is 13.2 Å². The molecular weight excluding hydrogens is 130 g/mol. The van der Waals surface area contributed by atoms with Gasteiger partial charge in [-0.2, -0.15) is 0 Å². The molecule has 0 rings (SSSR count). The highest BCUT2D eigenvalue weighted by atomic mass is 16.5. The lowest BCUT2D eigenvalue weighted by atomic mass is 10.5. The molecule has 0 bridgehead atoms. The quantitative estimate of drug-likeness (QED) is 0.318. The third-order valence-corrected chi connectivity index (χ3v) is 0.859.